The molecule has 4 N–H and O–H groups in total. The van der Waals surface area contributed by atoms with Gasteiger partial charge in [-0.15, -0.1) is 0 Å². The maximum Gasteiger partial charge on any atom is 0.328 e. The summed E-state index contributed by atoms with van der Waals surface area (Å²) in [6.07, 6.45) is 1.76. The van der Waals surface area contributed by atoms with Crippen LogP contribution in [0.15, 0.2) is 54.6 Å². The van der Waals surface area contributed by atoms with Crippen molar-refractivity contribution in [2.75, 3.05) is 19.5 Å². The molecule has 3 rings (SSSR count). The number of anilines is 1. The fourth-order valence-corrected chi connectivity index (χ4v) is 2.62. The Kier molecular flexibility index (Phi) is 7.95. The van der Waals surface area contributed by atoms with Crippen molar-refractivity contribution >= 4 is 28.7 Å². The standard InChI is InChI=1S/C17H16FN3O.C4H4O4/c1-22-9-8-11-10-16(21-17(19)20-11)14-6-7-15(18)13-5-3-2-4-12(13)14;5-3(6)1-2-4(7)8/h2-7,10H,8-9H2,1H3,(H2,19,20,21);1-2H,(H,5,6)(H,7,8)/b;2-1-. The molecule has 2 aromatic carbocycles. The van der Waals surface area contributed by atoms with Gasteiger partial charge in [-0.2, -0.15) is 0 Å². The molecule has 30 heavy (non-hydrogen) atoms. The summed E-state index contributed by atoms with van der Waals surface area (Å²) in [6.45, 7) is 0.556. The molecule has 0 aliphatic rings. The minimum atomic E-state index is -1.26. The average Bonchev–Trinajstić information content (AvgIpc) is 2.71. The highest BCUT2D eigenvalue weighted by atomic mass is 19.1. The Morgan fingerprint density at radius 3 is 2.30 bits per heavy atom. The third-order valence-electron chi connectivity index (χ3n) is 3.87. The number of nitrogen functional groups attached to an aromatic ring is 1. The minimum absolute atomic E-state index is 0.206. The number of hydrogen-bond acceptors (Lipinski definition) is 6. The summed E-state index contributed by atoms with van der Waals surface area (Å²) >= 11 is 0. The maximum absolute atomic E-state index is 13.9. The predicted octanol–water partition coefficient (Wildman–Crippen LogP) is 2.92. The van der Waals surface area contributed by atoms with Crippen molar-refractivity contribution < 1.29 is 28.9 Å². The monoisotopic (exact) mass is 413 g/mol. The summed E-state index contributed by atoms with van der Waals surface area (Å²) in [7, 11) is 1.64. The summed E-state index contributed by atoms with van der Waals surface area (Å²) in [5.41, 5.74) is 8.14. The molecule has 0 saturated heterocycles. The first kappa shape index (κ1) is 22.4. The molecule has 9 heteroatoms. The van der Waals surface area contributed by atoms with E-state index in [2.05, 4.69) is 9.97 Å². The molecule has 0 bridgehead atoms. The van der Waals surface area contributed by atoms with Crippen molar-refractivity contribution in [2.24, 2.45) is 0 Å². The molecule has 0 atom stereocenters. The van der Waals surface area contributed by atoms with Crippen LogP contribution >= 0.6 is 0 Å². The number of hydrogen-bond donors (Lipinski definition) is 3. The number of methoxy groups -OCH3 is 1. The Morgan fingerprint density at radius 1 is 1.07 bits per heavy atom. The number of nitrogens with zero attached hydrogens (tertiary/aromatic N) is 2. The number of nitrogens with two attached hydrogens (primary N) is 1. The normalized spacial score (nSPS) is 10.6. The molecule has 0 unspecified atom stereocenters. The SMILES string of the molecule is COCCc1cc(-c2ccc(F)c3ccccc23)nc(N)n1.O=C(O)/C=C\C(=O)O. The molecule has 1 aromatic heterocycles. The number of carbonyl (C=O) groups is 2. The number of benzene rings is 2. The lowest BCUT2D eigenvalue weighted by atomic mass is 10.0. The molecule has 0 radical (unpaired) electrons. The average molecular weight is 413 g/mol. The van der Waals surface area contributed by atoms with Gasteiger partial charge in [0, 0.05) is 42.3 Å². The zero-order chi connectivity index (χ0) is 22.1. The molecule has 0 aliphatic heterocycles. The van der Waals surface area contributed by atoms with E-state index < -0.39 is 11.9 Å². The van der Waals surface area contributed by atoms with Crippen LogP contribution in [0.3, 0.4) is 0 Å². The van der Waals surface area contributed by atoms with E-state index in [1.54, 1.807) is 19.2 Å². The van der Waals surface area contributed by atoms with Crippen LogP contribution in [-0.2, 0) is 20.7 Å². The van der Waals surface area contributed by atoms with Crippen LogP contribution in [0.25, 0.3) is 22.0 Å². The molecule has 0 amide bonds. The van der Waals surface area contributed by atoms with E-state index in [1.165, 1.54) is 6.07 Å². The van der Waals surface area contributed by atoms with Gasteiger partial charge in [0.2, 0.25) is 5.95 Å². The number of carboxylic acid groups (broad SMARTS) is 2. The minimum Gasteiger partial charge on any atom is -0.478 e. The smallest absolute Gasteiger partial charge is 0.328 e. The second kappa shape index (κ2) is 10.6. The number of fused-ring (bicyclic) bond motifs is 1. The zero-order valence-electron chi connectivity index (χ0n) is 16.1. The summed E-state index contributed by atoms with van der Waals surface area (Å²) < 4.78 is 19.0. The Balaban J connectivity index is 0.000000343. The molecule has 1 heterocycles. The number of halogens is 1. The highest BCUT2D eigenvalue weighted by Gasteiger charge is 2.10. The van der Waals surface area contributed by atoms with E-state index in [9.17, 15) is 14.0 Å². The molecular weight excluding hydrogens is 393 g/mol. The molecule has 0 spiro atoms. The van der Waals surface area contributed by atoms with Gasteiger partial charge in [0.15, 0.2) is 0 Å². The van der Waals surface area contributed by atoms with Crippen molar-refractivity contribution in [3.8, 4) is 11.3 Å². The van der Waals surface area contributed by atoms with Crippen LogP contribution in [0.2, 0.25) is 0 Å². The summed E-state index contributed by atoms with van der Waals surface area (Å²) in [5.74, 6) is -2.56. The lowest BCUT2D eigenvalue weighted by Gasteiger charge is -2.09. The van der Waals surface area contributed by atoms with Gasteiger partial charge in [-0.3, -0.25) is 0 Å². The van der Waals surface area contributed by atoms with Crippen molar-refractivity contribution in [1.29, 1.82) is 0 Å². The third kappa shape index (κ3) is 6.35. The first-order valence-electron chi connectivity index (χ1n) is 8.75. The van der Waals surface area contributed by atoms with E-state index in [0.29, 0.717) is 36.3 Å². The fourth-order valence-electron chi connectivity index (χ4n) is 2.62. The van der Waals surface area contributed by atoms with Gasteiger partial charge >= 0.3 is 11.9 Å². The van der Waals surface area contributed by atoms with E-state index in [-0.39, 0.29) is 11.8 Å². The van der Waals surface area contributed by atoms with Gasteiger partial charge in [-0.25, -0.2) is 23.9 Å². The van der Waals surface area contributed by atoms with Gasteiger partial charge in [0.25, 0.3) is 0 Å². The molecular formula is C21H20FN3O5. The maximum atomic E-state index is 13.9. The molecule has 8 nitrogen and oxygen atoms in total. The predicted molar refractivity (Wildman–Crippen MR) is 109 cm³/mol. The van der Waals surface area contributed by atoms with Gasteiger partial charge in [-0.1, -0.05) is 24.3 Å². The summed E-state index contributed by atoms with van der Waals surface area (Å²) in [6, 6.07) is 12.4. The Hall–Kier alpha value is -3.85. The summed E-state index contributed by atoms with van der Waals surface area (Å²) in [4.78, 5) is 27.6. The van der Waals surface area contributed by atoms with Crippen LogP contribution in [0.1, 0.15) is 5.69 Å². The Bertz CT molecular complexity index is 1070. The molecule has 156 valence electrons. The number of aliphatic carboxylic acids is 2. The summed E-state index contributed by atoms with van der Waals surface area (Å²) in [5, 5.41) is 17.0. The number of aromatic nitrogens is 2. The van der Waals surface area contributed by atoms with Gasteiger partial charge in [-0.05, 0) is 23.6 Å². The molecule has 0 aliphatic carbocycles. The number of ether oxygens (including phenoxy) is 1. The first-order chi connectivity index (χ1) is 14.3. The van der Waals surface area contributed by atoms with Crippen LogP contribution < -0.4 is 5.73 Å². The lowest BCUT2D eigenvalue weighted by molar-refractivity contribution is -0.134. The highest BCUT2D eigenvalue weighted by molar-refractivity contribution is 5.96. The van der Waals surface area contributed by atoms with Crippen molar-refractivity contribution in [1.82, 2.24) is 9.97 Å². The molecule has 0 saturated carbocycles. The fraction of sp³-hybridized carbons (Fsp3) is 0.143. The van der Waals surface area contributed by atoms with Crippen LogP contribution in [-0.4, -0.2) is 45.8 Å². The van der Waals surface area contributed by atoms with E-state index >= 15 is 0 Å². The van der Waals surface area contributed by atoms with Crippen molar-refractivity contribution in [2.45, 2.75) is 6.42 Å². The van der Waals surface area contributed by atoms with Gasteiger partial charge < -0.3 is 20.7 Å². The quantitative estimate of drug-likeness (QED) is 0.525. The van der Waals surface area contributed by atoms with Gasteiger partial charge in [0.05, 0.1) is 12.3 Å². The third-order valence-corrected chi connectivity index (χ3v) is 3.87. The second-order valence-electron chi connectivity index (χ2n) is 6.00. The molecule has 0 fully saturated rings. The Morgan fingerprint density at radius 2 is 1.70 bits per heavy atom. The topological polar surface area (TPSA) is 136 Å². The number of carboxylic acids is 2. The van der Waals surface area contributed by atoms with Crippen molar-refractivity contribution in [3.05, 3.63) is 66.1 Å². The van der Waals surface area contributed by atoms with E-state index in [0.717, 1.165) is 16.6 Å². The van der Waals surface area contributed by atoms with E-state index in [1.807, 2.05) is 24.3 Å². The lowest BCUT2D eigenvalue weighted by Crippen LogP contribution is -2.04. The highest BCUT2D eigenvalue weighted by Crippen LogP contribution is 2.29. The van der Waals surface area contributed by atoms with Gasteiger partial charge in [0.1, 0.15) is 5.82 Å². The van der Waals surface area contributed by atoms with E-state index in [4.69, 9.17) is 20.7 Å². The van der Waals surface area contributed by atoms with Crippen LogP contribution in [0, 0.1) is 5.82 Å². The largest absolute Gasteiger partial charge is 0.478 e. The second-order valence-corrected chi connectivity index (χ2v) is 6.00. The first-order valence-corrected chi connectivity index (χ1v) is 8.75. The number of rotatable bonds is 6. The van der Waals surface area contributed by atoms with Crippen LogP contribution in [0.4, 0.5) is 10.3 Å². The zero-order valence-corrected chi connectivity index (χ0v) is 16.1. The Labute approximate surface area is 171 Å². The van der Waals surface area contributed by atoms with Crippen LogP contribution in [0.5, 0.6) is 0 Å². The van der Waals surface area contributed by atoms with Crippen molar-refractivity contribution in [3.63, 3.8) is 0 Å². The molecule has 3 aromatic rings.